The van der Waals surface area contributed by atoms with E-state index in [0.717, 1.165) is 24.0 Å². The van der Waals surface area contributed by atoms with Crippen molar-refractivity contribution in [2.75, 3.05) is 24.3 Å². The SMILES string of the molecule is C.CCC[C@H](Nc1cncc(-c2ccc(NC(=O)NCC)c(OC)c2)n1)c1cccnc1. The molecule has 0 radical (unpaired) electrons. The third-order valence-electron chi connectivity index (χ3n) is 4.70. The van der Waals surface area contributed by atoms with Gasteiger partial charge in [0, 0.05) is 24.5 Å². The van der Waals surface area contributed by atoms with Gasteiger partial charge in [-0.25, -0.2) is 9.78 Å². The van der Waals surface area contributed by atoms with Crippen molar-refractivity contribution < 1.29 is 9.53 Å². The standard InChI is InChI=1S/C23H28N6O2.CH4/c1-4-7-18(17-8-6-11-24-13-17)27-22-15-25-14-20(28-22)16-9-10-19(21(12-16)31-3)29-23(30)26-5-2;/h6,8-15,18H,4-5,7H2,1-3H3,(H,27,28)(H2,26,29,30);1H4/t18-;/m0./s1. The van der Waals surface area contributed by atoms with E-state index >= 15 is 0 Å². The molecule has 0 aliphatic heterocycles. The second-order valence-corrected chi connectivity index (χ2v) is 6.96. The Balaban J connectivity index is 0.00000363. The molecule has 32 heavy (non-hydrogen) atoms. The zero-order valence-corrected chi connectivity index (χ0v) is 18.1. The van der Waals surface area contributed by atoms with Crippen molar-refractivity contribution in [1.82, 2.24) is 20.3 Å². The molecule has 1 atom stereocenters. The van der Waals surface area contributed by atoms with Crippen LogP contribution in [0.2, 0.25) is 0 Å². The van der Waals surface area contributed by atoms with Crippen LogP contribution in [0.1, 0.15) is 45.7 Å². The maximum atomic E-state index is 11.8. The van der Waals surface area contributed by atoms with Gasteiger partial charge in [0.1, 0.15) is 11.6 Å². The normalized spacial score (nSPS) is 11.1. The number of nitrogens with zero attached hydrogens (tertiary/aromatic N) is 3. The Kier molecular flexibility index (Phi) is 9.41. The number of carbonyl (C=O) groups is 1. The maximum absolute atomic E-state index is 11.8. The molecule has 2 heterocycles. The number of anilines is 2. The Morgan fingerprint density at radius 2 is 1.97 bits per heavy atom. The van der Waals surface area contributed by atoms with Crippen molar-refractivity contribution in [3.05, 3.63) is 60.7 Å². The summed E-state index contributed by atoms with van der Waals surface area (Å²) >= 11 is 0. The van der Waals surface area contributed by atoms with Gasteiger partial charge < -0.3 is 20.7 Å². The number of ether oxygens (including phenoxy) is 1. The van der Waals surface area contributed by atoms with E-state index in [1.807, 2.05) is 31.3 Å². The van der Waals surface area contributed by atoms with Crippen LogP contribution in [-0.4, -0.2) is 34.6 Å². The second kappa shape index (κ2) is 12.2. The molecule has 0 fully saturated rings. The topological polar surface area (TPSA) is 101 Å². The largest absolute Gasteiger partial charge is 0.495 e. The summed E-state index contributed by atoms with van der Waals surface area (Å²) in [4.78, 5) is 25.2. The van der Waals surface area contributed by atoms with Crippen molar-refractivity contribution in [2.45, 2.75) is 40.2 Å². The first-order chi connectivity index (χ1) is 15.1. The van der Waals surface area contributed by atoms with E-state index in [4.69, 9.17) is 9.72 Å². The fraction of sp³-hybridized carbons (Fsp3) is 0.333. The van der Waals surface area contributed by atoms with Gasteiger partial charge in [-0.15, -0.1) is 0 Å². The van der Waals surface area contributed by atoms with E-state index in [1.165, 1.54) is 0 Å². The molecule has 170 valence electrons. The van der Waals surface area contributed by atoms with Crippen LogP contribution in [0, 0.1) is 0 Å². The Hall–Kier alpha value is -3.68. The summed E-state index contributed by atoms with van der Waals surface area (Å²) in [5.74, 6) is 1.23. The number of benzene rings is 1. The van der Waals surface area contributed by atoms with Crippen LogP contribution in [0.15, 0.2) is 55.1 Å². The van der Waals surface area contributed by atoms with Gasteiger partial charge in [-0.1, -0.05) is 32.9 Å². The van der Waals surface area contributed by atoms with Crippen LogP contribution in [-0.2, 0) is 0 Å². The zero-order valence-electron chi connectivity index (χ0n) is 18.1. The number of urea groups is 1. The second-order valence-electron chi connectivity index (χ2n) is 6.96. The quantitative estimate of drug-likeness (QED) is 0.422. The highest BCUT2D eigenvalue weighted by molar-refractivity contribution is 5.91. The molecular formula is C24H32N6O2. The summed E-state index contributed by atoms with van der Waals surface area (Å²) in [6, 6.07) is 9.31. The molecule has 2 aromatic heterocycles. The average Bonchev–Trinajstić information content (AvgIpc) is 2.80. The number of amides is 2. The first kappa shape index (κ1) is 24.6. The van der Waals surface area contributed by atoms with Gasteiger partial charge >= 0.3 is 6.03 Å². The van der Waals surface area contributed by atoms with E-state index < -0.39 is 0 Å². The lowest BCUT2D eigenvalue weighted by Crippen LogP contribution is -2.28. The minimum Gasteiger partial charge on any atom is -0.495 e. The van der Waals surface area contributed by atoms with Crippen LogP contribution in [0.3, 0.4) is 0 Å². The summed E-state index contributed by atoms with van der Waals surface area (Å²) in [5.41, 5.74) is 3.23. The number of hydrogen-bond donors (Lipinski definition) is 3. The third kappa shape index (κ3) is 6.41. The minimum absolute atomic E-state index is 0. The maximum Gasteiger partial charge on any atom is 0.319 e. The van der Waals surface area contributed by atoms with Crippen LogP contribution in [0.25, 0.3) is 11.3 Å². The number of pyridine rings is 1. The monoisotopic (exact) mass is 436 g/mol. The lowest BCUT2D eigenvalue weighted by Gasteiger charge is -2.19. The summed E-state index contributed by atoms with van der Waals surface area (Å²) in [6.45, 7) is 4.55. The molecular weight excluding hydrogens is 404 g/mol. The number of nitrogens with one attached hydrogen (secondary N) is 3. The lowest BCUT2D eigenvalue weighted by atomic mass is 10.0. The van der Waals surface area contributed by atoms with Gasteiger partial charge in [0.05, 0.1) is 36.9 Å². The van der Waals surface area contributed by atoms with Crippen molar-refractivity contribution in [3.8, 4) is 17.0 Å². The molecule has 0 saturated carbocycles. The Bertz CT molecular complexity index is 997. The van der Waals surface area contributed by atoms with Gasteiger partial charge in [0.25, 0.3) is 0 Å². The molecule has 0 aliphatic carbocycles. The molecule has 8 heteroatoms. The number of hydrogen-bond acceptors (Lipinski definition) is 6. The first-order valence-electron chi connectivity index (χ1n) is 10.4. The van der Waals surface area contributed by atoms with Gasteiger partial charge in [-0.3, -0.25) is 9.97 Å². The summed E-state index contributed by atoms with van der Waals surface area (Å²) in [6.07, 6.45) is 9.03. The third-order valence-corrected chi connectivity index (χ3v) is 4.70. The molecule has 0 unspecified atom stereocenters. The molecule has 0 saturated heterocycles. The summed E-state index contributed by atoms with van der Waals surface area (Å²) < 4.78 is 5.46. The van der Waals surface area contributed by atoms with Crippen molar-refractivity contribution in [2.24, 2.45) is 0 Å². The van der Waals surface area contributed by atoms with Crippen LogP contribution in [0.4, 0.5) is 16.3 Å². The number of methoxy groups -OCH3 is 1. The van der Waals surface area contributed by atoms with E-state index in [2.05, 4.69) is 38.9 Å². The number of aromatic nitrogens is 3. The van der Waals surface area contributed by atoms with Crippen LogP contribution < -0.4 is 20.7 Å². The Morgan fingerprint density at radius 3 is 2.66 bits per heavy atom. The predicted molar refractivity (Wildman–Crippen MR) is 129 cm³/mol. The van der Waals surface area contributed by atoms with Crippen LogP contribution >= 0.6 is 0 Å². The fourth-order valence-corrected chi connectivity index (χ4v) is 3.23. The Morgan fingerprint density at radius 1 is 1.12 bits per heavy atom. The highest BCUT2D eigenvalue weighted by Crippen LogP contribution is 2.31. The van der Waals surface area contributed by atoms with Gasteiger partial charge in [-0.2, -0.15) is 0 Å². The van der Waals surface area contributed by atoms with E-state index in [1.54, 1.807) is 31.8 Å². The van der Waals surface area contributed by atoms with E-state index in [-0.39, 0.29) is 19.5 Å². The van der Waals surface area contributed by atoms with Crippen LogP contribution in [0.5, 0.6) is 5.75 Å². The highest BCUT2D eigenvalue weighted by atomic mass is 16.5. The molecule has 8 nitrogen and oxygen atoms in total. The molecule has 2 amide bonds. The summed E-state index contributed by atoms with van der Waals surface area (Å²) in [5, 5.41) is 8.96. The first-order valence-corrected chi connectivity index (χ1v) is 10.4. The predicted octanol–water partition coefficient (Wildman–Crippen LogP) is 5.28. The van der Waals surface area contributed by atoms with Gasteiger partial charge in [-0.05, 0) is 37.1 Å². The molecule has 1 aromatic carbocycles. The fourth-order valence-electron chi connectivity index (χ4n) is 3.23. The number of rotatable bonds is 9. The molecule has 3 rings (SSSR count). The number of carbonyl (C=O) groups excluding carboxylic acids is 1. The zero-order chi connectivity index (χ0) is 22.1. The van der Waals surface area contributed by atoms with Gasteiger partial charge in [0.15, 0.2) is 0 Å². The molecule has 3 aromatic rings. The van der Waals surface area contributed by atoms with Crippen molar-refractivity contribution >= 4 is 17.5 Å². The minimum atomic E-state index is -0.281. The molecule has 0 aliphatic rings. The smallest absolute Gasteiger partial charge is 0.319 e. The van der Waals surface area contributed by atoms with E-state index in [0.29, 0.717) is 29.5 Å². The van der Waals surface area contributed by atoms with Crippen molar-refractivity contribution in [1.29, 1.82) is 0 Å². The molecule has 0 bridgehead atoms. The molecule has 3 N–H and O–H groups in total. The average molecular weight is 437 g/mol. The lowest BCUT2D eigenvalue weighted by molar-refractivity contribution is 0.252. The van der Waals surface area contributed by atoms with E-state index in [9.17, 15) is 4.79 Å². The van der Waals surface area contributed by atoms with Crippen molar-refractivity contribution in [3.63, 3.8) is 0 Å². The summed E-state index contributed by atoms with van der Waals surface area (Å²) in [7, 11) is 1.56. The Labute approximate surface area is 189 Å². The highest BCUT2D eigenvalue weighted by Gasteiger charge is 2.13. The molecule has 0 spiro atoms. The van der Waals surface area contributed by atoms with Gasteiger partial charge in [0.2, 0.25) is 0 Å².